The summed E-state index contributed by atoms with van der Waals surface area (Å²) in [4.78, 5) is 10.3. The smallest absolute Gasteiger partial charge is 0 e. The fourth-order valence-corrected chi connectivity index (χ4v) is 1.41. The first kappa shape index (κ1) is 33.7. The van der Waals surface area contributed by atoms with Gasteiger partial charge in [0.25, 0.3) is 0 Å². The molecule has 0 aliphatic rings. The SMILES string of the molecule is CCCCC[C@](C)([CH][CH][CH][C@H](C)O)O[C-]=O.[C-]#[O+].[C-]#[O+].[C-]#[O+].[Fe]. The number of hydrogen-bond acceptors (Lipinski definition) is 3. The van der Waals surface area contributed by atoms with Crippen molar-refractivity contribution in [2.24, 2.45) is 0 Å². The van der Waals surface area contributed by atoms with E-state index in [0.717, 1.165) is 25.7 Å². The van der Waals surface area contributed by atoms with Crippen LogP contribution < -0.4 is 0 Å². The second-order valence-electron chi connectivity index (χ2n) is 4.25. The average molecular weight is 366 g/mol. The monoisotopic (exact) mass is 366 g/mol. The summed E-state index contributed by atoms with van der Waals surface area (Å²) < 4.78 is 27.5. The first-order valence-electron chi connectivity index (χ1n) is 6.41. The van der Waals surface area contributed by atoms with Gasteiger partial charge in [0.15, 0.2) is 0 Å². The largest absolute Gasteiger partial charge is 0 e. The number of ether oxygens (including phenoxy) is 1. The molecule has 3 radical (unpaired) electrons. The molecular formula is C16H22FeO6-. The Morgan fingerprint density at radius 3 is 2.04 bits per heavy atom. The van der Waals surface area contributed by atoms with Gasteiger partial charge in [-0.1, -0.05) is 26.2 Å². The predicted molar refractivity (Wildman–Crippen MR) is 75.7 cm³/mol. The molecule has 0 heterocycles. The third kappa shape index (κ3) is 29.8. The molecule has 0 aromatic rings. The van der Waals surface area contributed by atoms with Gasteiger partial charge < -0.3 is 14.6 Å². The van der Waals surface area contributed by atoms with Crippen molar-refractivity contribution in [1.82, 2.24) is 0 Å². The summed E-state index contributed by atoms with van der Waals surface area (Å²) in [5.41, 5.74) is -0.609. The third-order valence-corrected chi connectivity index (χ3v) is 2.39. The molecule has 0 saturated carbocycles. The molecule has 7 heteroatoms. The third-order valence-electron chi connectivity index (χ3n) is 2.39. The molecule has 1 N–H and O–H groups in total. The zero-order valence-electron chi connectivity index (χ0n) is 13.5. The van der Waals surface area contributed by atoms with Crippen LogP contribution in [0.5, 0.6) is 0 Å². The van der Waals surface area contributed by atoms with E-state index in [1.807, 2.05) is 6.92 Å². The fraction of sp³-hybridized carbons (Fsp3) is 0.562. The molecule has 0 amide bonds. The molecule has 23 heavy (non-hydrogen) atoms. The summed E-state index contributed by atoms with van der Waals surface area (Å²) in [7, 11) is 0. The Hall–Kier alpha value is -0.831. The Morgan fingerprint density at radius 1 is 1.22 bits per heavy atom. The van der Waals surface area contributed by atoms with Crippen molar-refractivity contribution >= 4 is 6.47 Å². The Morgan fingerprint density at radius 2 is 1.70 bits per heavy atom. The van der Waals surface area contributed by atoms with Crippen LogP contribution in [0.4, 0.5) is 0 Å². The first-order valence-corrected chi connectivity index (χ1v) is 6.41. The minimum atomic E-state index is -0.609. The maximum absolute atomic E-state index is 10.3. The van der Waals surface area contributed by atoms with E-state index in [9.17, 15) is 4.79 Å². The van der Waals surface area contributed by atoms with E-state index in [0.29, 0.717) is 0 Å². The number of rotatable bonds is 10. The van der Waals surface area contributed by atoms with E-state index in [1.165, 1.54) is 6.47 Å². The van der Waals surface area contributed by atoms with Crippen LogP contribution in [0.2, 0.25) is 0 Å². The van der Waals surface area contributed by atoms with Gasteiger partial charge in [-0.05, 0) is 39.5 Å². The second kappa shape index (κ2) is 29.2. The minimum Gasteiger partial charge on any atom is 0 e. The van der Waals surface area contributed by atoms with Gasteiger partial charge in [0.2, 0.25) is 0 Å². The van der Waals surface area contributed by atoms with E-state index in [-0.39, 0.29) is 17.1 Å². The Bertz CT molecular complexity index is 274. The average Bonchev–Trinajstić information content (AvgIpc) is 2.53. The molecule has 0 aliphatic heterocycles. The van der Waals surface area contributed by atoms with Gasteiger partial charge >= 0.3 is 33.9 Å². The molecular weight excluding hydrogens is 344 g/mol. The van der Waals surface area contributed by atoms with Crippen molar-refractivity contribution in [3.8, 4) is 0 Å². The molecule has 0 rings (SSSR count). The van der Waals surface area contributed by atoms with Gasteiger partial charge in [-0.15, -0.1) is 0 Å². The zero-order chi connectivity index (χ0) is 18.4. The summed E-state index contributed by atoms with van der Waals surface area (Å²) in [5, 5.41) is 9.07. The number of aliphatic hydroxyl groups is 1. The molecule has 0 saturated heterocycles. The number of unbranched alkanes of at least 4 members (excludes halogenated alkanes) is 2. The molecule has 0 aliphatic carbocycles. The maximum atomic E-state index is 10.3. The van der Waals surface area contributed by atoms with Gasteiger partial charge in [0, 0.05) is 23.5 Å². The Balaban J connectivity index is -0.000000137. The molecule has 0 unspecified atom stereocenters. The second-order valence-corrected chi connectivity index (χ2v) is 4.25. The van der Waals surface area contributed by atoms with Crippen molar-refractivity contribution in [2.75, 3.05) is 0 Å². The standard InChI is InChI=1S/C13H22O3.3CO.Fe/c1-4-5-6-9-13(3,16-11-14)10-7-8-12(2)15;3*1-2;/h7-8,10,12,15H,4-6,9H2,1-3H3;;;;/q-1;;;;/t12-,13+;;;;/m0..../s1. The van der Waals surface area contributed by atoms with E-state index in [2.05, 4.69) is 26.9 Å². The molecule has 0 bridgehead atoms. The van der Waals surface area contributed by atoms with E-state index < -0.39 is 11.7 Å². The topological polar surface area (TPSA) is 106 Å². The minimum absolute atomic E-state index is 0. The van der Waals surface area contributed by atoms with Crippen molar-refractivity contribution < 1.29 is 45.7 Å². The van der Waals surface area contributed by atoms with Gasteiger partial charge in [0.05, 0.1) is 11.7 Å². The van der Waals surface area contributed by atoms with Gasteiger partial charge in [0.1, 0.15) is 0 Å². The predicted octanol–water partition coefficient (Wildman–Crippen LogP) is 2.29. The quantitative estimate of drug-likeness (QED) is 0.277. The van der Waals surface area contributed by atoms with Gasteiger partial charge in [-0.25, -0.2) is 0 Å². The maximum Gasteiger partial charge on any atom is 0 e. The number of carbonyl (C=O) groups excluding carboxylic acids is 1. The van der Waals surface area contributed by atoms with E-state index in [4.69, 9.17) is 23.8 Å². The van der Waals surface area contributed by atoms with Crippen molar-refractivity contribution in [2.45, 2.75) is 58.2 Å². The zero-order valence-corrected chi connectivity index (χ0v) is 14.6. The van der Waals surface area contributed by atoms with Crippen LogP contribution in [0.15, 0.2) is 0 Å². The van der Waals surface area contributed by atoms with Crippen LogP contribution in [0.25, 0.3) is 0 Å². The van der Waals surface area contributed by atoms with Crippen molar-refractivity contribution in [3.05, 3.63) is 39.2 Å². The summed E-state index contributed by atoms with van der Waals surface area (Å²) in [5.74, 6) is 0. The normalized spacial score (nSPS) is 11.7. The molecule has 6 nitrogen and oxygen atoms in total. The van der Waals surface area contributed by atoms with Crippen LogP contribution in [-0.4, -0.2) is 23.3 Å². The van der Waals surface area contributed by atoms with Crippen molar-refractivity contribution in [1.29, 1.82) is 0 Å². The first-order chi connectivity index (χ1) is 10.5. The fourth-order valence-electron chi connectivity index (χ4n) is 1.41. The summed E-state index contributed by atoms with van der Waals surface area (Å²) in [6.07, 6.45) is 8.71. The molecule has 131 valence electrons. The Labute approximate surface area is 150 Å². The number of aliphatic hydroxyl groups excluding tert-OH is 1. The molecule has 2 atom stereocenters. The summed E-state index contributed by atoms with van der Waals surface area (Å²) in [6.45, 7) is 20.6. The molecule has 0 aromatic heterocycles. The van der Waals surface area contributed by atoms with Crippen LogP contribution in [0.3, 0.4) is 0 Å². The molecule has 0 spiro atoms. The Kier molecular flexibility index (Phi) is 42.8. The van der Waals surface area contributed by atoms with Crippen LogP contribution in [0, 0.1) is 39.2 Å². The van der Waals surface area contributed by atoms with E-state index >= 15 is 0 Å². The van der Waals surface area contributed by atoms with Crippen LogP contribution in [-0.2, 0) is 40.6 Å². The van der Waals surface area contributed by atoms with Gasteiger partial charge in [-0.2, -0.15) is 0 Å². The molecule has 0 aromatic carbocycles. The van der Waals surface area contributed by atoms with Gasteiger partial charge in [-0.3, -0.25) is 0 Å². The van der Waals surface area contributed by atoms with Crippen LogP contribution >= 0.6 is 0 Å². The summed E-state index contributed by atoms with van der Waals surface area (Å²) >= 11 is 0. The van der Waals surface area contributed by atoms with Crippen molar-refractivity contribution in [3.63, 3.8) is 0 Å². The van der Waals surface area contributed by atoms with Crippen LogP contribution in [0.1, 0.15) is 46.5 Å². The molecule has 0 fully saturated rings. The van der Waals surface area contributed by atoms with E-state index in [1.54, 1.807) is 26.2 Å². The number of hydrogen-bond donors (Lipinski definition) is 1. The summed E-state index contributed by atoms with van der Waals surface area (Å²) in [6, 6.07) is 0.